The monoisotopic (exact) mass is 405 g/mol. The first-order valence-electron chi connectivity index (χ1n) is 7.39. The van der Waals surface area contributed by atoms with E-state index in [0.717, 1.165) is 26.8 Å². The van der Waals surface area contributed by atoms with Crippen molar-refractivity contribution in [3.63, 3.8) is 0 Å². The molecular weight excluding hydrogens is 390 g/mol. The van der Waals surface area contributed by atoms with Gasteiger partial charge in [0.1, 0.15) is 11.4 Å². The number of carbonyl (C=O) groups is 1. The van der Waals surface area contributed by atoms with Crippen LogP contribution in [0.2, 0.25) is 0 Å². The lowest BCUT2D eigenvalue weighted by Gasteiger charge is -2.07. The third-order valence-corrected chi connectivity index (χ3v) is 4.97. The summed E-state index contributed by atoms with van der Waals surface area (Å²) >= 11 is 4.85. The van der Waals surface area contributed by atoms with Gasteiger partial charge in [0.25, 0.3) is 5.91 Å². The number of hydrogen-bond donors (Lipinski definition) is 1. The van der Waals surface area contributed by atoms with Gasteiger partial charge in [-0.15, -0.1) is 11.3 Å². The standard InChI is InChI=1S/C17H16BrN3O2S/c1-9(2)19-16(22)17-21-12(8-24-17)11-6-4-10-5-7-13(23-3)14(18)15(10)20-11/h4-9H,1-3H3,(H,19,22). The molecule has 0 aliphatic rings. The summed E-state index contributed by atoms with van der Waals surface area (Å²) in [7, 11) is 1.62. The summed E-state index contributed by atoms with van der Waals surface area (Å²) in [6.07, 6.45) is 0. The second-order valence-corrected chi connectivity index (χ2v) is 7.17. The van der Waals surface area contributed by atoms with Gasteiger partial charge in [0.2, 0.25) is 0 Å². The van der Waals surface area contributed by atoms with Crippen LogP contribution in [0.4, 0.5) is 0 Å². The first kappa shape index (κ1) is 16.9. The van der Waals surface area contributed by atoms with Crippen LogP contribution in [-0.2, 0) is 0 Å². The number of pyridine rings is 1. The van der Waals surface area contributed by atoms with E-state index >= 15 is 0 Å². The van der Waals surface area contributed by atoms with Crippen LogP contribution in [0.15, 0.2) is 34.1 Å². The van der Waals surface area contributed by atoms with Crippen LogP contribution < -0.4 is 10.1 Å². The summed E-state index contributed by atoms with van der Waals surface area (Å²) in [6.45, 7) is 3.84. The van der Waals surface area contributed by atoms with Gasteiger partial charge in [-0.25, -0.2) is 9.97 Å². The molecule has 124 valence electrons. The van der Waals surface area contributed by atoms with Crippen molar-refractivity contribution in [2.75, 3.05) is 7.11 Å². The molecule has 0 spiro atoms. The lowest BCUT2D eigenvalue weighted by molar-refractivity contribution is 0.0943. The molecule has 0 saturated carbocycles. The highest BCUT2D eigenvalue weighted by atomic mass is 79.9. The van der Waals surface area contributed by atoms with Crippen LogP contribution >= 0.6 is 27.3 Å². The fourth-order valence-electron chi connectivity index (χ4n) is 2.26. The third-order valence-electron chi connectivity index (χ3n) is 3.37. The molecule has 0 fully saturated rings. The van der Waals surface area contributed by atoms with E-state index in [9.17, 15) is 4.79 Å². The molecule has 0 unspecified atom stereocenters. The average molecular weight is 406 g/mol. The van der Waals surface area contributed by atoms with Gasteiger partial charge < -0.3 is 10.1 Å². The number of nitrogens with zero attached hydrogens (tertiary/aromatic N) is 2. The Morgan fingerprint density at radius 2 is 1.96 bits per heavy atom. The molecule has 0 aliphatic heterocycles. The van der Waals surface area contributed by atoms with E-state index in [1.54, 1.807) is 7.11 Å². The third kappa shape index (κ3) is 3.27. The molecule has 5 nitrogen and oxygen atoms in total. The van der Waals surface area contributed by atoms with E-state index in [2.05, 4.69) is 31.2 Å². The van der Waals surface area contributed by atoms with Gasteiger partial charge in [-0.05, 0) is 48.0 Å². The molecule has 0 saturated heterocycles. The lowest BCUT2D eigenvalue weighted by atomic mass is 10.2. The predicted molar refractivity (Wildman–Crippen MR) is 99.7 cm³/mol. The molecule has 1 amide bonds. The number of methoxy groups -OCH3 is 1. The smallest absolute Gasteiger partial charge is 0.280 e. The van der Waals surface area contributed by atoms with Gasteiger partial charge in [-0.3, -0.25) is 4.79 Å². The zero-order valence-electron chi connectivity index (χ0n) is 13.5. The van der Waals surface area contributed by atoms with Crippen molar-refractivity contribution < 1.29 is 9.53 Å². The molecule has 2 heterocycles. The summed E-state index contributed by atoms with van der Waals surface area (Å²) in [5, 5.41) is 6.12. The number of thiazole rings is 1. The number of fused-ring (bicyclic) bond motifs is 1. The number of amides is 1. The Bertz CT molecular complexity index is 908. The number of hydrogen-bond acceptors (Lipinski definition) is 5. The molecule has 3 rings (SSSR count). The molecule has 24 heavy (non-hydrogen) atoms. The maximum Gasteiger partial charge on any atom is 0.280 e. The molecule has 0 aliphatic carbocycles. The topological polar surface area (TPSA) is 64.1 Å². The molecule has 3 aromatic rings. The molecule has 0 radical (unpaired) electrons. The number of carbonyl (C=O) groups excluding carboxylic acids is 1. The molecule has 1 N–H and O–H groups in total. The van der Waals surface area contributed by atoms with Crippen LogP contribution in [0.25, 0.3) is 22.3 Å². The minimum atomic E-state index is -0.162. The number of aromatic nitrogens is 2. The van der Waals surface area contributed by atoms with Crippen LogP contribution in [0.5, 0.6) is 5.75 Å². The number of ether oxygens (including phenoxy) is 1. The van der Waals surface area contributed by atoms with Crippen LogP contribution in [0.1, 0.15) is 23.6 Å². The summed E-state index contributed by atoms with van der Waals surface area (Å²) in [5.74, 6) is 0.562. The summed E-state index contributed by atoms with van der Waals surface area (Å²) in [6, 6.07) is 7.81. The second kappa shape index (κ2) is 6.86. The van der Waals surface area contributed by atoms with E-state index in [1.165, 1.54) is 11.3 Å². The highest BCUT2D eigenvalue weighted by Gasteiger charge is 2.15. The van der Waals surface area contributed by atoms with Crippen molar-refractivity contribution in [1.29, 1.82) is 0 Å². The minimum Gasteiger partial charge on any atom is -0.495 e. The maximum atomic E-state index is 12.0. The van der Waals surface area contributed by atoms with Crippen LogP contribution in [0, 0.1) is 0 Å². The van der Waals surface area contributed by atoms with Gasteiger partial charge in [0, 0.05) is 16.8 Å². The number of nitrogens with one attached hydrogen (secondary N) is 1. The van der Waals surface area contributed by atoms with E-state index in [4.69, 9.17) is 4.74 Å². The SMILES string of the molecule is COc1ccc2ccc(-c3csc(C(=O)NC(C)C)n3)nc2c1Br. The van der Waals surface area contributed by atoms with Crippen molar-refractivity contribution in [2.45, 2.75) is 19.9 Å². The quantitative estimate of drug-likeness (QED) is 0.703. The molecule has 1 aromatic carbocycles. The van der Waals surface area contributed by atoms with Gasteiger partial charge in [0.15, 0.2) is 5.01 Å². The Hall–Kier alpha value is -1.99. The summed E-state index contributed by atoms with van der Waals surface area (Å²) in [4.78, 5) is 21.1. The molecule has 0 atom stereocenters. The maximum absolute atomic E-state index is 12.0. The van der Waals surface area contributed by atoms with Crippen molar-refractivity contribution in [1.82, 2.24) is 15.3 Å². The largest absolute Gasteiger partial charge is 0.495 e. The van der Waals surface area contributed by atoms with Gasteiger partial charge in [-0.1, -0.05) is 6.07 Å². The predicted octanol–water partition coefficient (Wildman–Crippen LogP) is 4.27. The Morgan fingerprint density at radius 3 is 2.67 bits per heavy atom. The highest BCUT2D eigenvalue weighted by molar-refractivity contribution is 9.10. The van der Waals surface area contributed by atoms with Gasteiger partial charge in [-0.2, -0.15) is 0 Å². The average Bonchev–Trinajstić information content (AvgIpc) is 3.04. The fraction of sp³-hybridized carbons (Fsp3) is 0.235. The van der Waals surface area contributed by atoms with E-state index in [0.29, 0.717) is 10.7 Å². The van der Waals surface area contributed by atoms with Gasteiger partial charge in [0.05, 0.1) is 22.8 Å². The van der Waals surface area contributed by atoms with Gasteiger partial charge >= 0.3 is 0 Å². The fourth-order valence-corrected chi connectivity index (χ4v) is 3.58. The molecule has 2 aromatic heterocycles. The Kier molecular flexibility index (Phi) is 4.82. The number of halogens is 1. The Labute approximate surface area is 152 Å². The molecular formula is C17H16BrN3O2S. The zero-order chi connectivity index (χ0) is 17.3. The molecule has 0 bridgehead atoms. The Morgan fingerprint density at radius 1 is 1.21 bits per heavy atom. The molecule has 7 heteroatoms. The van der Waals surface area contributed by atoms with Crippen molar-refractivity contribution in [2.24, 2.45) is 0 Å². The lowest BCUT2D eigenvalue weighted by Crippen LogP contribution is -2.29. The Balaban J connectivity index is 1.99. The number of benzene rings is 1. The van der Waals surface area contributed by atoms with E-state index < -0.39 is 0 Å². The van der Waals surface area contributed by atoms with Crippen molar-refractivity contribution in [3.05, 3.63) is 39.1 Å². The summed E-state index contributed by atoms with van der Waals surface area (Å²) in [5.41, 5.74) is 2.20. The minimum absolute atomic E-state index is 0.0760. The highest BCUT2D eigenvalue weighted by Crippen LogP contribution is 2.33. The van der Waals surface area contributed by atoms with Crippen LogP contribution in [0.3, 0.4) is 0 Å². The second-order valence-electron chi connectivity index (χ2n) is 5.52. The zero-order valence-corrected chi connectivity index (χ0v) is 15.9. The van der Waals surface area contributed by atoms with E-state index in [1.807, 2.05) is 43.5 Å². The first-order valence-corrected chi connectivity index (χ1v) is 9.07. The van der Waals surface area contributed by atoms with Crippen molar-refractivity contribution in [3.8, 4) is 17.1 Å². The van der Waals surface area contributed by atoms with E-state index in [-0.39, 0.29) is 11.9 Å². The normalized spacial score (nSPS) is 11.0. The number of rotatable bonds is 4. The van der Waals surface area contributed by atoms with Crippen molar-refractivity contribution >= 4 is 44.1 Å². The summed E-state index contributed by atoms with van der Waals surface area (Å²) < 4.78 is 6.12. The first-order chi connectivity index (χ1) is 11.5. The van der Waals surface area contributed by atoms with Crippen LogP contribution in [-0.4, -0.2) is 29.0 Å².